The SMILES string of the molecule is c1ccc(-c2ccc(N(c3ccc(-n4c5ccccc5c5ccccc54)cc3)c3ccc4ccc5ccccc5c4c3)cc2)cc1.c1ccc(-c2ccc(N(c3ccc4ccc5ccccc5c4c3)c3cccc4c5ccccc5n(-c5ccccc5)c34)cc2)cc1.c1ccc(-c2ccccc2-c2ccc(N(c3ccc(-c4ccc5c(c4)c4ccccc4n5-c4ccccc4)cc3)c3ccc4ccc5ccccc5c4c3)cc2)cc1. The van der Waals surface area contributed by atoms with E-state index in [1.807, 2.05) is 0 Å². The lowest BCUT2D eigenvalue weighted by Gasteiger charge is -2.28. The van der Waals surface area contributed by atoms with Crippen molar-refractivity contribution in [2.24, 2.45) is 0 Å². The normalized spacial score (nSPS) is 11.5. The van der Waals surface area contributed by atoms with Crippen molar-refractivity contribution in [1.29, 1.82) is 0 Å². The second-order valence-corrected chi connectivity index (χ2v) is 38.6. The molecule has 0 radical (unpaired) electrons. The summed E-state index contributed by atoms with van der Waals surface area (Å²) in [6.45, 7) is 0. The molecule has 0 fully saturated rings. The Morgan fingerprint density at radius 2 is 0.367 bits per heavy atom. The Morgan fingerprint density at radius 1 is 0.120 bits per heavy atom. The van der Waals surface area contributed by atoms with Gasteiger partial charge in [0, 0.05) is 94.9 Å². The van der Waals surface area contributed by atoms with Crippen molar-refractivity contribution >= 4 is 181 Å². The van der Waals surface area contributed by atoms with E-state index in [4.69, 9.17) is 0 Å². The Bertz CT molecular complexity index is 10100. The summed E-state index contributed by atoms with van der Waals surface area (Å²) in [5.74, 6) is 0. The number of fused-ring (bicyclic) bond motifs is 18. The molecule has 0 spiro atoms. The van der Waals surface area contributed by atoms with Gasteiger partial charge in [0.25, 0.3) is 0 Å². The second kappa shape index (κ2) is 38.6. The van der Waals surface area contributed by atoms with Crippen molar-refractivity contribution in [3.05, 3.63) is 595 Å². The monoisotopic (exact) mass is 1910 g/mol. The third-order valence-corrected chi connectivity index (χ3v) is 29.9. The molecule has 0 amide bonds. The average Bonchev–Trinajstić information content (AvgIpc) is 1.56. The third kappa shape index (κ3) is 16.4. The lowest BCUT2D eigenvalue weighted by molar-refractivity contribution is 1.17. The summed E-state index contributed by atoms with van der Waals surface area (Å²) in [6, 6.07) is 215. The van der Waals surface area contributed by atoms with E-state index in [9.17, 15) is 0 Å². The first kappa shape index (κ1) is 89.0. The van der Waals surface area contributed by atoms with Gasteiger partial charge in [-0.3, -0.25) is 0 Å². The molecule has 704 valence electrons. The van der Waals surface area contributed by atoms with E-state index >= 15 is 0 Å². The van der Waals surface area contributed by atoms with Crippen LogP contribution >= 0.6 is 0 Å². The summed E-state index contributed by atoms with van der Waals surface area (Å²) < 4.78 is 7.16. The molecule has 0 aliphatic carbocycles. The van der Waals surface area contributed by atoms with Gasteiger partial charge in [-0.2, -0.15) is 0 Å². The molecular formula is C144H98N6. The van der Waals surface area contributed by atoms with Crippen LogP contribution in [0.2, 0.25) is 0 Å². The third-order valence-electron chi connectivity index (χ3n) is 29.9. The minimum absolute atomic E-state index is 1.10. The molecule has 29 aromatic rings. The number of benzene rings is 26. The number of para-hydroxylation sites is 7. The summed E-state index contributed by atoms with van der Waals surface area (Å²) in [5.41, 5.74) is 32.8. The van der Waals surface area contributed by atoms with E-state index < -0.39 is 0 Å². The zero-order chi connectivity index (χ0) is 99.3. The van der Waals surface area contributed by atoms with Crippen LogP contribution in [0.25, 0.3) is 203 Å². The largest absolute Gasteiger partial charge is 0.310 e. The Kier molecular flexibility index (Phi) is 22.9. The smallest absolute Gasteiger partial charge is 0.0782 e. The molecule has 6 nitrogen and oxygen atoms in total. The zero-order valence-electron chi connectivity index (χ0n) is 82.3. The van der Waals surface area contributed by atoms with Crippen molar-refractivity contribution in [1.82, 2.24) is 13.7 Å². The molecule has 6 heteroatoms. The van der Waals surface area contributed by atoms with Crippen molar-refractivity contribution in [2.45, 2.75) is 0 Å². The maximum absolute atomic E-state index is 2.43. The van der Waals surface area contributed by atoms with Crippen molar-refractivity contribution in [3.63, 3.8) is 0 Å². The van der Waals surface area contributed by atoms with Gasteiger partial charge in [-0.15, -0.1) is 0 Å². The van der Waals surface area contributed by atoms with Gasteiger partial charge in [-0.25, -0.2) is 0 Å². The zero-order valence-corrected chi connectivity index (χ0v) is 82.3. The lowest BCUT2D eigenvalue weighted by atomic mass is 9.94. The second-order valence-electron chi connectivity index (χ2n) is 38.6. The molecule has 0 saturated carbocycles. The average molecular weight is 1910 g/mol. The van der Waals surface area contributed by atoms with Gasteiger partial charge >= 0.3 is 0 Å². The quantitative estimate of drug-likeness (QED) is 0.0850. The van der Waals surface area contributed by atoms with Gasteiger partial charge < -0.3 is 28.4 Å². The van der Waals surface area contributed by atoms with E-state index in [1.165, 1.54) is 191 Å². The molecule has 0 aliphatic heterocycles. The van der Waals surface area contributed by atoms with Crippen LogP contribution in [0, 0.1) is 0 Å². The first-order chi connectivity index (χ1) is 74.4. The maximum Gasteiger partial charge on any atom is 0.0782 e. The highest BCUT2D eigenvalue weighted by atomic mass is 15.2. The van der Waals surface area contributed by atoms with Crippen LogP contribution in [-0.2, 0) is 0 Å². The van der Waals surface area contributed by atoms with Crippen LogP contribution in [0.3, 0.4) is 0 Å². The Hall–Kier alpha value is -19.9. The first-order valence-electron chi connectivity index (χ1n) is 51.5. The molecule has 0 saturated heterocycles. The molecule has 29 rings (SSSR count). The molecule has 3 heterocycles. The molecule has 3 aromatic heterocycles. The van der Waals surface area contributed by atoms with Gasteiger partial charge in [0.2, 0.25) is 0 Å². The molecule has 26 aromatic carbocycles. The summed E-state index contributed by atoms with van der Waals surface area (Å²) in [5, 5.41) is 22.5. The van der Waals surface area contributed by atoms with Crippen LogP contribution in [0.15, 0.2) is 595 Å². The predicted octanol–water partition coefficient (Wildman–Crippen LogP) is 40.0. The minimum Gasteiger partial charge on any atom is -0.310 e. The van der Waals surface area contributed by atoms with Crippen molar-refractivity contribution in [2.75, 3.05) is 14.7 Å². The highest BCUT2D eigenvalue weighted by molar-refractivity contribution is 6.18. The Morgan fingerprint density at radius 3 is 0.780 bits per heavy atom. The molecule has 0 N–H and O–H groups in total. The molecule has 0 unspecified atom stereocenters. The molecule has 0 atom stereocenters. The number of aromatic nitrogens is 3. The van der Waals surface area contributed by atoms with Crippen LogP contribution in [0.4, 0.5) is 51.2 Å². The summed E-state index contributed by atoms with van der Waals surface area (Å²) >= 11 is 0. The number of hydrogen-bond donors (Lipinski definition) is 0. The van der Waals surface area contributed by atoms with Gasteiger partial charge in [0.05, 0.1) is 38.8 Å². The standard InChI is InChI=1S/C56H38N2.2C44H30N2/c1-3-13-40(14-4-1)49-18-9-10-19-50(49)42-27-33-47(34-28-42)57(48-35-29-43-24-23-41-15-7-8-20-51(41)53(43)38-48)46-31-25-39(26-32-46)44-30-36-56-54(37-44)52-21-11-12-22-55(52)58(56)45-16-5-2-6-17-45;1-3-12-31(13-4-1)32-24-27-36(28-25-32)45(37-29-26-34-23-22-33-14-7-8-17-38(33)41(34)30-37)43-21-11-19-40-39-18-9-10-20-42(39)46(44(40)43)35-15-5-2-6-16-35;1-2-10-31(11-3-1)32-20-23-35(24-21-32)45(38-25-22-34-19-18-33-12-4-5-13-39(33)42(34)30-38)36-26-28-37(29-27-36)46-43-16-8-6-14-40(43)41-15-7-9-17-44(41)46/h1-38H;2*1-30H. The van der Waals surface area contributed by atoms with Crippen molar-refractivity contribution < 1.29 is 0 Å². The van der Waals surface area contributed by atoms with Gasteiger partial charge in [-0.1, -0.05) is 419 Å². The Labute approximate surface area is 870 Å². The fourth-order valence-corrected chi connectivity index (χ4v) is 22.8. The minimum atomic E-state index is 1.10. The van der Waals surface area contributed by atoms with Crippen LogP contribution in [0.1, 0.15) is 0 Å². The summed E-state index contributed by atoms with van der Waals surface area (Å²) in [7, 11) is 0. The predicted molar refractivity (Wildman–Crippen MR) is 639 cm³/mol. The highest BCUT2D eigenvalue weighted by Crippen LogP contribution is 2.49. The van der Waals surface area contributed by atoms with Gasteiger partial charge in [0.15, 0.2) is 0 Å². The fourth-order valence-electron chi connectivity index (χ4n) is 22.8. The van der Waals surface area contributed by atoms with E-state index in [2.05, 4.69) is 623 Å². The van der Waals surface area contributed by atoms with E-state index in [1.54, 1.807) is 0 Å². The topological polar surface area (TPSA) is 24.5 Å². The number of rotatable bonds is 17. The summed E-state index contributed by atoms with van der Waals surface area (Å²) in [4.78, 5) is 7.18. The fraction of sp³-hybridized carbons (Fsp3) is 0. The van der Waals surface area contributed by atoms with Crippen LogP contribution < -0.4 is 14.7 Å². The molecule has 0 bridgehead atoms. The van der Waals surface area contributed by atoms with Crippen LogP contribution in [0.5, 0.6) is 0 Å². The first-order valence-corrected chi connectivity index (χ1v) is 51.5. The number of hydrogen-bond acceptors (Lipinski definition) is 3. The van der Waals surface area contributed by atoms with Crippen LogP contribution in [-0.4, -0.2) is 13.7 Å². The van der Waals surface area contributed by atoms with E-state index in [0.29, 0.717) is 0 Å². The maximum atomic E-state index is 2.43. The molecule has 0 aliphatic rings. The lowest BCUT2D eigenvalue weighted by Crippen LogP contribution is -2.11. The van der Waals surface area contributed by atoms with E-state index in [-0.39, 0.29) is 0 Å². The van der Waals surface area contributed by atoms with Gasteiger partial charge in [0.1, 0.15) is 0 Å². The summed E-state index contributed by atoms with van der Waals surface area (Å²) in [6.07, 6.45) is 0. The highest BCUT2D eigenvalue weighted by Gasteiger charge is 2.26. The molecule has 150 heavy (non-hydrogen) atoms. The number of nitrogens with zero attached hydrogens (tertiary/aromatic N) is 6. The van der Waals surface area contributed by atoms with Gasteiger partial charge in [-0.05, 0) is 296 Å². The molecular weight excluding hydrogens is 1810 g/mol. The Balaban J connectivity index is 0.000000112. The number of anilines is 9. The van der Waals surface area contributed by atoms with E-state index in [0.717, 1.165) is 62.6 Å². The van der Waals surface area contributed by atoms with Crippen molar-refractivity contribution in [3.8, 4) is 72.7 Å².